The van der Waals surface area contributed by atoms with E-state index in [9.17, 15) is 18.0 Å². The largest absolute Gasteiger partial charge is 0.487 e. The number of hydrogen-bond acceptors (Lipinski definition) is 8. The number of carbonyl (C=O) groups excluding carboxylic acids is 2. The molecule has 10 nitrogen and oxygen atoms in total. The Bertz CT molecular complexity index is 1860. The van der Waals surface area contributed by atoms with Crippen LogP contribution in [0.1, 0.15) is 66.0 Å². The highest BCUT2D eigenvalue weighted by Crippen LogP contribution is 2.45. The fraction of sp³-hybridized carbons (Fsp3) is 0.378. The van der Waals surface area contributed by atoms with Crippen LogP contribution < -0.4 is 20.1 Å². The molecule has 2 aliphatic rings. The van der Waals surface area contributed by atoms with Crippen LogP contribution in [0.15, 0.2) is 66.1 Å². The van der Waals surface area contributed by atoms with E-state index < -0.39 is 33.7 Å². The highest BCUT2D eigenvalue weighted by Gasteiger charge is 2.37. The van der Waals surface area contributed by atoms with E-state index in [4.69, 9.17) is 26.4 Å². The SMILES string of the molecule is C=CCOC(=O)[C@H](CCCNC(=S)NS(=O)(=O)c1c(C)c(C)c2c(c1C)CC(C)(C)O2)NC(=O)OCC1c2ccccc2-c2ccccc21. The number of sulfonamides is 1. The van der Waals surface area contributed by atoms with Gasteiger partial charge >= 0.3 is 12.1 Å². The molecule has 1 amide bonds. The van der Waals surface area contributed by atoms with Gasteiger partial charge in [-0.1, -0.05) is 61.2 Å². The molecule has 1 atom stereocenters. The minimum atomic E-state index is -4.01. The summed E-state index contributed by atoms with van der Waals surface area (Å²) in [5.41, 5.74) is 6.84. The maximum absolute atomic E-state index is 13.5. The molecule has 3 N–H and O–H groups in total. The lowest BCUT2D eigenvalue weighted by Gasteiger charge is -2.20. The Morgan fingerprint density at radius 1 is 1.02 bits per heavy atom. The zero-order valence-corrected chi connectivity index (χ0v) is 30.1. The molecule has 12 heteroatoms. The first kappa shape index (κ1) is 35.9. The number of thiocarbonyl (C=S) groups is 1. The van der Waals surface area contributed by atoms with Gasteiger partial charge in [0.1, 0.15) is 30.6 Å². The highest BCUT2D eigenvalue weighted by molar-refractivity contribution is 7.92. The predicted octanol–water partition coefficient (Wildman–Crippen LogP) is 5.89. The van der Waals surface area contributed by atoms with Gasteiger partial charge in [0.05, 0.1) is 4.90 Å². The lowest BCUT2D eigenvalue weighted by molar-refractivity contribution is -0.145. The Kier molecular flexibility index (Phi) is 10.7. The van der Waals surface area contributed by atoms with E-state index in [2.05, 4.69) is 34.1 Å². The molecule has 260 valence electrons. The smallest absolute Gasteiger partial charge is 0.407 e. The van der Waals surface area contributed by atoms with Gasteiger partial charge in [0.2, 0.25) is 0 Å². The molecule has 5 rings (SSSR count). The summed E-state index contributed by atoms with van der Waals surface area (Å²) in [5, 5.41) is 5.46. The number of hydrogen-bond donors (Lipinski definition) is 3. The van der Waals surface area contributed by atoms with Crippen molar-refractivity contribution in [1.29, 1.82) is 0 Å². The second kappa shape index (κ2) is 14.6. The Balaban J connectivity index is 1.16. The van der Waals surface area contributed by atoms with E-state index in [-0.39, 0.29) is 42.1 Å². The van der Waals surface area contributed by atoms with Gasteiger partial charge in [-0.05, 0) is 98.6 Å². The Morgan fingerprint density at radius 2 is 1.65 bits per heavy atom. The van der Waals surface area contributed by atoms with Gasteiger partial charge in [0.15, 0.2) is 5.11 Å². The normalized spacial score (nSPS) is 14.8. The number of nitrogens with one attached hydrogen (secondary N) is 3. The molecule has 0 spiro atoms. The van der Waals surface area contributed by atoms with Gasteiger partial charge in [0, 0.05) is 24.4 Å². The minimum absolute atomic E-state index is 0.0174. The van der Waals surface area contributed by atoms with Gasteiger partial charge in [-0.2, -0.15) is 0 Å². The summed E-state index contributed by atoms with van der Waals surface area (Å²) in [4.78, 5) is 26.0. The van der Waals surface area contributed by atoms with E-state index in [0.29, 0.717) is 24.0 Å². The average Bonchev–Trinajstić information content (AvgIpc) is 3.56. The molecule has 0 radical (unpaired) electrons. The van der Waals surface area contributed by atoms with Gasteiger partial charge in [-0.15, -0.1) is 0 Å². The van der Waals surface area contributed by atoms with Crippen molar-refractivity contribution in [1.82, 2.24) is 15.4 Å². The summed E-state index contributed by atoms with van der Waals surface area (Å²) >= 11 is 5.34. The summed E-state index contributed by atoms with van der Waals surface area (Å²) in [7, 11) is -4.01. The van der Waals surface area contributed by atoms with Crippen LogP contribution in [-0.4, -0.2) is 57.0 Å². The second-order valence-electron chi connectivity index (χ2n) is 13.0. The number of fused-ring (bicyclic) bond motifs is 4. The molecule has 0 saturated carbocycles. The van der Waals surface area contributed by atoms with E-state index in [1.165, 1.54) is 6.08 Å². The molecular formula is C37H43N3O7S2. The summed E-state index contributed by atoms with van der Waals surface area (Å²) in [6, 6.07) is 15.0. The molecule has 49 heavy (non-hydrogen) atoms. The predicted molar refractivity (Wildman–Crippen MR) is 192 cm³/mol. The number of benzene rings is 3. The lowest BCUT2D eigenvalue weighted by atomic mass is 9.94. The number of rotatable bonds is 12. The van der Waals surface area contributed by atoms with Crippen LogP contribution in [-0.2, 0) is 30.7 Å². The van der Waals surface area contributed by atoms with Crippen molar-refractivity contribution in [2.45, 2.75) is 76.3 Å². The standard InChI is InChI=1S/C37H43N3O7S2/c1-7-19-45-34(41)31(39-36(42)46-21-30-27-15-10-8-13-25(27)26-14-9-11-16-28(26)30)17-12-18-38-35(48)40-49(43,44)33-23(3)22(2)32-29(24(33)4)20-37(5,6)47-32/h7-11,13-16,30-31H,1,12,17-21H2,2-6H3,(H,39,42)(H2,38,40,48)/t31-/m0/s1. The average molecular weight is 706 g/mol. The summed E-state index contributed by atoms with van der Waals surface area (Å²) in [6.45, 7) is 13.2. The molecule has 3 aromatic rings. The van der Waals surface area contributed by atoms with Crippen molar-refractivity contribution >= 4 is 39.4 Å². The quantitative estimate of drug-likeness (QED) is 0.0913. The van der Waals surface area contributed by atoms with E-state index in [0.717, 1.165) is 39.1 Å². The maximum atomic E-state index is 13.5. The number of amides is 1. The molecule has 0 unspecified atom stereocenters. The molecular weight excluding hydrogens is 663 g/mol. The molecule has 3 aromatic carbocycles. The number of esters is 1. The van der Waals surface area contributed by atoms with Crippen molar-refractivity contribution in [2.75, 3.05) is 19.8 Å². The third-order valence-corrected chi connectivity index (χ3v) is 11.0. The van der Waals surface area contributed by atoms with Crippen LogP contribution in [0.3, 0.4) is 0 Å². The maximum Gasteiger partial charge on any atom is 0.407 e. The second-order valence-corrected chi connectivity index (χ2v) is 15.0. The fourth-order valence-electron chi connectivity index (χ4n) is 6.64. The summed E-state index contributed by atoms with van der Waals surface area (Å²) < 4.78 is 46.5. The lowest BCUT2D eigenvalue weighted by Crippen LogP contribution is -2.43. The van der Waals surface area contributed by atoms with Crippen LogP contribution in [0.25, 0.3) is 11.1 Å². The molecule has 0 fully saturated rings. The van der Waals surface area contributed by atoms with Crippen molar-refractivity contribution < 1.29 is 32.2 Å². The highest BCUT2D eigenvalue weighted by atomic mass is 32.2. The van der Waals surface area contributed by atoms with Crippen molar-refractivity contribution in [3.8, 4) is 16.9 Å². The van der Waals surface area contributed by atoms with E-state index in [1.54, 1.807) is 13.8 Å². The topological polar surface area (TPSA) is 132 Å². The van der Waals surface area contributed by atoms with Crippen LogP contribution in [0.4, 0.5) is 4.79 Å². The van der Waals surface area contributed by atoms with Crippen LogP contribution in [0.5, 0.6) is 5.75 Å². The number of alkyl carbamates (subject to hydrolysis) is 1. The summed E-state index contributed by atoms with van der Waals surface area (Å²) in [5.74, 6) is -0.0268. The Morgan fingerprint density at radius 3 is 2.29 bits per heavy atom. The zero-order chi connectivity index (χ0) is 35.5. The first-order valence-corrected chi connectivity index (χ1v) is 18.1. The van der Waals surface area contributed by atoms with E-state index >= 15 is 0 Å². The first-order valence-electron chi connectivity index (χ1n) is 16.3. The minimum Gasteiger partial charge on any atom is -0.487 e. The Hall–Kier alpha value is -4.42. The molecule has 1 aliphatic heterocycles. The number of ether oxygens (including phenoxy) is 3. The van der Waals surface area contributed by atoms with Crippen LogP contribution >= 0.6 is 12.2 Å². The molecule has 0 saturated heterocycles. The third kappa shape index (κ3) is 7.75. The summed E-state index contributed by atoms with van der Waals surface area (Å²) in [6.07, 6.45) is 1.82. The number of carbonyl (C=O) groups is 2. The van der Waals surface area contributed by atoms with Crippen molar-refractivity contribution in [2.24, 2.45) is 0 Å². The zero-order valence-electron chi connectivity index (χ0n) is 28.5. The molecule has 1 heterocycles. The van der Waals surface area contributed by atoms with Crippen LogP contribution in [0.2, 0.25) is 0 Å². The van der Waals surface area contributed by atoms with Crippen LogP contribution in [0, 0.1) is 20.8 Å². The van der Waals surface area contributed by atoms with Gasteiger partial charge < -0.3 is 24.8 Å². The Labute approximate surface area is 293 Å². The van der Waals surface area contributed by atoms with Gasteiger partial charge in [0.25, 0.3) is 10.0 Å². The monoisotopic (exact) mass is 705 g/mol. The van der Waals surface area contributed by atoms with E-state index in [1.807, 2.05) is 57.2 Å². The molecule has 0 bridgehead atoms. The first-order chi connectivity index (χ1) is 23.2. The van der Waals surface area contributed by atoms with Gasteiger partial charge in [-0.25, -0.2) is 18.0 Å². The van der Waals surface area contributed by atoms with Gasteiger partial charge in [-0.3, -0.25) is 4.72 Å². The van der Waals surface area contributed by atoms with Crippen molar-refractivity contribution in [3.63, 3.8) is 0 Å². The molecule has 0 aromatic heterocycles. The third-order valence-electron chi connectivity index (χ3n) is 9.01. The fourth-order valence-corrected chi connectivity index (χ4v) is 8.57. The molecule has 1 aliphatic carbocycles. The van der Waals surface area contributed by atoms with Crippen molar-refractivity contribution in [3.05, 3.63) is 94.6 Å².